The van der Waals surface area contributed by atoms with Crippen molar-refractivity contribution in [1.82, 2.24) is 10.3 Å². The van der Waals surface area contributed by atoms with Crippen LogP contribution in [0.2, 0.25) is 0 Å². The maximum absolute atomic E-state index is 5.71. The van der Waals surface area contributed by atoms with Crippen molar-refractivity contribution in [3.63, 3.8) is 0 Å². The number of hydrogen-bond acceptors (Lipinski definition) is 4. The van der Waals surface area contributed by atoms with E-state index < -0.39 is 0 Å². The van der Waals surface area contributed by atoms with Gasteiger partial charge in [0.25, 0.3) is 0 Å². The average Bonchev–Trinajstić information content (AvgIpc) is 2.41. The first-order valence-electron chi connectivity index (χ1n) is 6.59. The Hall–Kier alpha value is -1.13. The summed E-state index contributed by atoms with van der Waals surface area (Å²) in [7, 11) is 1.70. The van der Waals surface area contributed by atoms with Crippen molar-refractivity contribution in [2.24, 2.45) is 0 Å². The predicted molar refractivity (Wildman–Crippen MR) is 72.9 cm³/mol. The number of hydrogen-bond donors (Lipinski definition) is 1. The van der Waals surface area contributed by atoms with Gasteiger partial charge in [0.05, 0.1) is 6.61 Å². The number of pyridine rings is 1. The number of nitrogens with one attached hydrogen (secondary N) is 1. The lowest BCUT2D eigenvalue weighted by molar-refractivity contribution is 0.170. The number of methoxy groups -OCH3 is 1. The molecule has 0 radical (unpaired) electrons. The van der Waals surface area contributed by atoms with Gasteiger partial charge in [0.2, 0.25) is 5.88 Å². The van der Waals surface area contributed by atoms with E-state index >= 15 is 0 Å². The number of aromatic nitrogens is 1. The van der Waals surface area contributed by atoms with Crippen LogP contribution in [0, 0.1) is 0 Å². The molecule has 1 aromatic rings. The third kappa shape index (κ3) is 5.02. The van der Waals surface area contributed by atoms with Crippen LogP contribution in [0.25, 0.3) is 0 Å². The van der Waals surface area contributed by atoms with E-state index in [4.69, 9.17) is 9.47 Å². The molecule has 0 aliphatic carbocycles. The molecule has 1 aromatic heterocycles. The Labute approximate surface area is 110 Å². The lowest BCUT2D eigenvalue weighted by Crippen LogP contribution is -2.20. The summed E-state index contributed by atoms with van der Waals surface area (Å²) in [6.07, 6.45) is 3.76. The maximum Gasteiger partial charge on any atom is 0.218 e. The van der Waals surface area contributed by atoms with E-state index in [0.29, 0.717) is 13.2 Å². The molecule has 18 heavy (non-hydrogen) atoms. The van der Waals surface area contributed by atoms with E-state index in [2.05, 4.69) is 30.2 Å². The maximum atomic E-state index is 5.71. The Morgan fingerprint density at radius 3 is 2.94 bits per heavy atom. The van der Waals surface area contributed by atoms with Crippen LogP contribution in [-0.4, -0.2) is 31.9 Å². The first-order valence-corrected chi connectivity index (χ1v) is 6.59. The smallest absolute Gasteiger partial charge is 0.218 e. The van der Waals surface area contributed by atoms with E-state index in [1.807, 2.05) is 6.07 Å². The van der Waals surface area contributed by atoms with E-state index in [9.17, 15) is 0 Å². The summed E-state index contributed by atoms with van der Waals surface area (Å²) < 4.78 is 10.7. The van der Waals surface area contributed by atoms with Crippen molar-refractivity contribution >= 4 is 0 Å². The molecule has 0 saturated carbocycles. The van der Waals surface area contributed by atoms with Gasteiger partial charge in [0, 0.05) is 37.9 Å². The minimum atomic E-state index is 0.260. The third-order valence-electron chi connectivity index (χ3n) is 2.70. The van der Waals surface area contributed by atoms with Gasteiger partial charge in [-0.25, -0.2) is 4.98 Å². The highest BCUT2D eigenvalue weighted by Gasteiger charge is 2.11. The topological polar surface area (TPSA) is 43.4 Å². The minimum absolute atomic E-state index is 0.260. The molecule has 0 saturated heterocycles. The number of ether oxygens (including phenoxy) is 2. The standard InChI is InChI=1S/C14H24N2O2/c1-4-8-15-12(2)13-7-5-9-16-14(13)18-11-6-10-17-3/h5,7,9,12,15H,4,6,8,10-11H2,1-3H3. The fraction of sp³-hybridized carbons (Fsp3) is 0.643. The van der Waals surface area contributed by atoms with Crippen molar-refractivity contribution in [3.05, 3.63) is 23.9 Å². The van der Waals surface area contributed by atoms with Crippen molar-refractivity contribution in [2.75, 3.05) is 26.9 Å². The SMILES string of the molecule is CCCNC(C)c1cccnc1OCCCOC. The van der Waals surface area contributed by atoms with Crippen LogP contribution < -0.4 is 10.1 Å². The Balaban J connectivity index is 2.55. The second-order valence-corrected chi connectivity index (χ2v) is 4.27. The van der Waals surface area contributed by atoms with Gasteiger partial charge in [-0.1, -0.05) is 13.0 Å². The summed E-state index contributed by atoms with van der Waals surface area (Å²) in [4.78, 5) is 4.30. The molecule has 0 aliphatic rings. The highest BCUT2D eigenvalue weighted by Crippen LogP contribution is 2.22. The Bertz CT molecular complexity index is 331. The molecule has 1 unspecified atom stereocenters. The molecule has 4 nitrogen and oxygen atoms in total. The van der Waals surface area contributed by atoms with E-state index in [0.717, 1.165) is 30.8 Å². The summed E-state index contributed by atoms with van der Waals surface area (Å²) >= 11 is 0. The van der Waals surface area contributed by atoms with Crippen LogP contribution in [0.5, 0.6) is 5.88 Å². The second-order valence-electron chi connectivity index (χ2n) is 4.27. The first kappa shape index (κ1) is 14.9. The molecule has 4 heteroatoms. The average molecular weight is 252 g/mol. The molecular weight excluding hydrogens is 228 g/mol. The Morgan fingerprint density at radius 2 is 2.22 bits per heavy atom. The minimum Gasteiger partial charge on any atom is -0.477 e. The molecule has 0 spiro atoms. The van der Waals surface area contributed by atoms with Gasteiger partial charge in [-0.15, -0.1) is 0 Å². The zero-order valence-corrected chi connectivity index (χ0v) is 11.6. The highest BCUT2D eigenvalue weighted by molar-refractivity contribution is 5.28. The molecule has 1 heterocycles. The van der Waals surface area contributed by atoms with Gasteiger partial charge in [0.15, 0.2) is 0 Å². The monoisotopic (exact) mass is 252 g/mol. The molecule has 0 bridgehead atoms. The summed E-state index contributed by atoms with van der Waals surface area (Å²) in [6, 6.07) is 4.27. The molecule has 0 aromatic carbocycles. The van der Waals surface area contributed by atoms with Gasteiger partial charge in [-0.2, -0.15) is 0 Å². The lowest BCUT2D eigenvalue weighted by atomic mass is 10.1. The number of rotatable bonds is 9. The predicted octanol–water partition coefficient (Wildman–Crippen LogP) is 2.56. The second kappa shape index (κ2) is 8.89. The highest BCUT2D eigenvalue weighted by atomic mass is 16.5. The van der Waals surface area contributed by atoms with Crippen molar-refractivity contribution in [2.45, 2.75) is 32.7 Å². The zero-order valence-electron chi connectivity index (χ0n) is 11.6. The fourth-order valence-electron chi connectivity index (χ4n) is 1.70. The third-order valence-corrected chi connectivity index (χ3v) is 2.70. The van der Waals surface area contributed by atoms with Crippen LogP contribution in [0.1, 0.15) is 38.3 Å². The lowest BCUT2D eigenvalue weighted by Gasteiger charge is -2.17. The molecule has 0 fully saturated rings. The molecule has 1 N–H and O–H groups in total. The first-order chi connectivity index (χ1) is 8.79. The van der Waals surface area contributed by atoms with Gasteiger partial charge in [-0.3, -0.25) is 0 Å². The van der Waals surface area contributed by atoms with Gasteiger partial charge in [-0.05, 0) is 26.0 Å². The zero-order chi connectivity index (χ0) is 13.2. The normalized spacial score (nSPS) is 12.4. The fourth-order valence-corrected chi connectivity index (χ4v) is 1.70. The molecule has 0 amide bonds. The summed E-state index contributed by atoms with van der Waals surface area (Å²) in [5, 5.41) is 3.45. The van der Waals surface area contributed by atoms with Crippen LogP contribution in [0.4, 0.5) is 0 Å². The molecular formula is C14H24N2O2. The largest absolute Gasteiger partial charge is 0.477 e. The molecule has 1 rings (SSSR count). The van der Waals surface area contributed by atoms with Gasteiger partial charge in [0.1, 0.15) is 0 Å². The molecule has 0 aliphatic heterocycles. The summed E-state index contributed by atoms with van der Waals surface area (Å²) in [5.74, 6) is 0.727. The van der Waals surface area contributed by atoms with Crippen LogP contribution in [0.15, 0.2) is 18.3 Å². The summed E-state index contributed by atoms with van der Waals surface area (Å²) in [5.41, 5.74) is 1.11. The van der Waals surface area contributed by atoms with Crippen LogP contribution >= 0.6 is 0 Å². The molecule has 102 valence electrons. The molecule has 1 atom stereocenters. The number of nitrogens with zero attached hydrogens (tertiary/aromatic N) is 1. The Morgan fingerprint density at radius 1 is 1.39 bits per heavy atom. The van der Waals surface area contributed by atoms with Crippen LogP contribution in [-0.2, 0) is 4.74 Å². The van der Waals surface area contributed by atoms with Crippen molar-refractivity contribution < 1.29 is 9.47 Å². The van der Waals surface area contributed by atoms with E-state index in [1.54, 1.807) is 13.3 Å². The van der Waals surface area contributed by atoms with Gasteiger partial charge < -0.3 is 14.8 Å². The van der Waals surface area contributed by atoms with Gasteiger partial charge >= 0.3 is 0 Å². The van der Waals surface area contributed by atoms with E-state index in [1.165, 1.54) is 0 Å². The van der Waals surface area contributed by atoms with Crippen LogP contribution in [0.3, 0.4) is 0 Å². The summed E-state index contributed by atoms with van der Waals surface area (Å²) in [6.45, 7) is 6.64. The Kier molecular flexibility index (Phi) is 7.37. The van der Waals surface area contributed by atoms with Crippen molar-refractivity contribution in [3.8, 4) is 5.88 Å². The van der Waals surface area contributed by atoms with Crippen molar-refractivity contribution in [1.29, 1.82) is 0 Å². The quantitative estimate of drug-likeness (QED) is 0.686. The van der Waals surface area contributed by atoms with E-state index in [-0.39, 0.29) is 6.04 Å².